The van der Waals surface area contributed by atoms with Crippen LogP contribution in [0.1, 0.15) is 21.5 Å². The van der Waals surface area contributed by atoms with Gasteiger partial charge in [-0.25, -0.2) is 0 Å². The number of halogens is 2. The largest absolute Gasteiger partial charge is 0.493 e. The van der Waals surface area contributed by atoms with Gasteiger partial charge in [0.25, 0.3) is 0 Å². The van der Waals surface area contributed by atoms with Crippen LogP contribution in [0.4, 0.5) is 5.69 Å². The Labute approximate surface area is 139 Å². The van der Waals surface area contributed by atoms with Gasteiger partial charge in [-0.3, -0.25) is 4.79 Å². The van der Waals surface area contributed by atoms with Crippen molar-refractivity contribution in [1.82, 2.24) is 0 Å². The third-order valence-corrected chi connectivity index (χ3v) is 4.44. The van der Waals surface area contributed by atoms with Crippen LogP contribution in [0.5, 0.6) is 5.75 Å². The summed E-state index contributed by atoms with van der Waals surface area (Å²) in [6.45, 7) is 0.674. The predicted octanol–water partition coefficient (Wildman–Crippen LogP) is 4.15. The number of carbonyl (C=O) groups is 1. The molecule has 0 saturated carbocycles. The number of nitrogen functional groups attached to an aromatic ring is 1. The van der Waals surface area contributed by atoms with Gasteiger partial charge < -0.3 is 10.5 Å². The summed E-state index contributed by atoms with van der Waals surface area (Å²) in [6.07, 6.45) is 1.17. The molecule has 1 aliphatic rings. The summed E-state index contributed by atoms with van der Waals surface area (Å²) in [7, 11) is 0. The topological polar surface area (TPSA) is 52.3 Å². The van der Waals surface area contributed by atoms with E-state index in [-0.39, 0.29) is 12.2 Å². The molecule has 3 nitrogen and oxygen atoms in total. The Balaban J connectivity index is 1.92. The zero-order chi connectivity index (χ0) is 15.0. The molecule has 0 amide bonds. The summed E-state index contributed by atoms with van der Waals surface area (Å²) in [5, 5.41) is 0. The van der Waals surface area contributed by atoms with Gasteiger partial charge in [0.1, 0.15) is 5.75 Å². The average Bonchev–Trinajstić information content (AvgIpc) is 2.86. The van der Waals surface area contributed by atoms with E-state index >= 15 is 0 Å². The van der Waals surface area contributed by atoms with Crippen LogP contribution in [0.15, 0.2) is 39.3 Å². The Morgan fingerprint density at radius 1 is 1.19 bits per heavy atom. The predicted molar refractivity (Wildman–Crippen MR) is 89.9 cm³/mol. The molecule has 0 unspecified atom stereocenters. The Morgan fingerprint density at radius 2 is 2.00 bits per heavy atom. The summed E-state index contributed by atoms with van der Waals surface area (Å²) in [4.78, 5) is 12.5. The highest BCUT2D eigenvalue weighted by Gasteiger charge is 2.20. The second-order valence-electron chi connectivity index (χ2n) is 4.98. The third-order valence-electron chi connectivity index (χ3n) is 3.49. The molecule has 3 rings (SSSR count). The minimum Gasteiger partial charge on any atom is -0.493 e. The molecule has 0 saturated heterocycles. The molecule has 1 aliphatic heterocycles. The number of ketones is 1. The molecule has 1 heterocycles. The zero-order valence-corrected chi connectivity index (χ0v) is 14.3. The fraction of sp³-hybridized carbons (Fsp3) is 0.188. The standard InChI is InChI=1S/C16H13Br2NO2/c17-11-1-2-13(14(19)8-11)15(20)7-10-6-12(18)5-9-3-4-21-16(9)10/h1-2,5-6,8H,3-4,7,19H2. The van der Waals surface area contributed by atoms with Crippen molar-refractivity contribution < 1.29 is 9.53 Å². The van der Waals surface area contributed by atoms with E-state index in [0.717, 1.165) is 32.2 Å². The van der Waals surface area contributed by atoms with Crippen LogP contribution < -0.4 is 10.5 Å². The Bertz CT molecular complexity index is 728. The number of nitrogens with two attached hydrogens (primary N) is 1. The van der Waals surface area contributed by atoms with Crippen molar-refractivity contribution in [3.05, 3.63) is 56.0 Å². The number of anilines is 1. The number of hydrogen-bond acceptors (Lipinski definition) is 3. The maximum Gasteiger partial charge on any atom is 0.169 e. The van der Waals surface area contributed by atoms with Crippen LogP contribution >= 0.6 is 31.9 Å². The second-order valence-corrected chi connectivity index (χ2v) is 6.81. The first-order valence-corrected chi connectivity index (χ1v) is 8.15. The third kappa shape index (κ3) is 2.99. The summed E-state index contributed by atoms with van der Waals surface area (Å²) in [6, 6.07) is 9.31. The highest BCUT2D eigenvalue weighted by Crippen LogP contribution is 2.34. The lowest BCUT2D eigenvalue weighted by Crippen LogP contribution is -2.08. The lowest BCUT2D eigenvalue weighted by atomic mass is 9.99. The highest BCUT2D eigenvalue weighted by molar-refractivity contribution is 9.10. The van der Waals surface area contributed by atoms with Crippen LogP contribution in [0, 0.1) is 0 Å². The maximum atomic E-state index is 12.5. The number of hydrogen-bond donors (Lipinski definition) is 1. The van der Waals surface area contributed by atoms with E-state index < -0.39 is 0 Å². The summed E-state index contributed by atoms with van der Waals surface area (Å²) >= 11 is 6.83. The number of Topliss-reactive ketones (excluding diaryl/α,β-unsaturated/α-hetero) is 1. The first kappa shape index (κ1) is 14.6. The molecule has 108 valence electrons. The van der Waals surface area contributed by atoms with Crippen LogP contribution in [-0.4, -0.2) is 12.4 Å². The highest BCUT2D eigenvalue weighted by atomic mass is 79.9. The number of rotatable bonds is 3. The van der Waals surface area contributed by atoms with Crippen molar-refractivity contribution >= 4 is 43.3 Å². The van der Waals surface area contributed by atoms with E-state index in [1.807, 2.05) is 18.2 Å². The van der Waals surface area contributed by atoms with Crippen LogP contribution in [-0.2, 0) is 12.8 Å². The van der Waals surface area contributed by atoms with Gasteiger partial charge in [0.05, 0.1) is 6.61 Å². The van der Waals surface area contributed by atoms with Crippen LogP contribution in [0.2, 0.25) is 0 Å². The second kappa shape index (κ2) is 5.81. The molecule has 0 aromatic heterocycles. The number of ether oxygens (including phenoxy) is 1. The van der Waals surface area contributed by atoms with Gasteiger partial charge in [-0.2, -0.15) is 0 Å². The van der Waals surface area contributed by atoms with Crippen molar-refractivity contribution in [2.24, 2.45) is 0 Å². The molecule has 0 bridgehead atoms. The fourth-order valence-electron chi connectivity index (χ4n) is 2.53. The molecule has 0 radical (unpaired) electrons. The molecule has 2 N–H and O–H groups in total. The van der Waals surface area contributed by atoms with Gasteiger partial charge in [0.2, 0.25) is 0 Å². The molecule has 0 fully saturated rings. The number of carbonyl (C=O) groups excluding carboxylic acids is 1. The zero-order valence-electron chi connectivity index (χ0n) is 11.2. The molecule has 0 atom stereocenters. The number of benzene rings is 2. The monoisotopic (exact) mass is 409 g/mol. The molecule has 0 spiro atoms. The van der Waals surface area contributed by atoms with Crippen LogP contribution in [0.25, 0.3) is 0 Å². The first-order chi connectivity index (χ1) is 10.0. The molecule has 21 heavy (non-hydrogen) atoms. The Kier molecular flexibility index (Phi) is 4.04. The van der Waals surface area contributed by atoms with Gasteiger partial charge in [0, 0.05) is 38.6 Å². The molecule has 2 aromatic rings. The smallest absolute Gasteiger partial charge is 0.169 e. The number of fused-ring (bicyclic) bond motifs is 1. The van der Waals surface area contributed by atoms with Crippen molar-refractivity contribution in [2.45, 2.75) is 12.8 Å². The Hall–Kier alpha value is -1.33. The SMILES string of the molecule is Nc1cc(Br)ccc1C(=O)Cc1cc(Br)cc2c1OCC2. The van der Waals surface area contributed by atoms with Crippen molar-refractivity contribution in [2.75, 3.05) is 12.3 Å². The van der Waals surface area contributed by atoms with Gasteiger partial charge in [-0.15, -0.1) is 0 Å². The molecule has 2 aromatic carbocycles. The lowest BCUT2D eigenvalue weighted by molar-refractivity contribution is 0.0993. The summed E-state index contributed by atoms with van der Waals surface area (Å²) in [5.74, 6) is 0.845. The molecular formula is C16H13Br2NO2. The fourth-order valence-corrected chi connectivity index (χ4v) is 3.46. The van der Waals surface area contributed by atoms with Gasteiger partial charge in [0.15, 0.2) is 5.78 Å². The van der Waals surface area contributed by atoms with Crippen molar-refractivity contribution in [3.63, 3.8) is 0 Å². The van der Waals surface area contributed by atoms with E-state index in [0.29, 0.717) is 17.9 Å². The minimum absolute atomic E-state index is 0.00389. The van der Waals surface area contributed by atoms with E-state index in [1.54, 1.807) is 12.1 Å². The van der Waals surface area contributed by atoms with Gasteiger partial charge in [-0.1, -0.05) is 31.9 Å². The summed E-state index contributed by atoms with van der Waals surface area (Å²) < 4.78 is 7.49. The van der Waals surface area contributed by atoms with Crippen molar-refractivity contribution in [1.29, 1.82) is 0 Å². The average molecular weight is 411 g/mol. The molecule has 5 heteroatoms. The summed E-state index contributed by atoms with van der Waals surface area (Å²) in [5.41, 5.74) is 9.02. The minimum atomic E-state index is -0.00389. The van der Waals surface area contributed by atoms with Crippen LogP contribution in [0.3, 0.4) is 0 Å². The quantitative estimate of drug-likeness (QED) is 0.610. The van der Waals surface area contributed by atoms with E-state index in [9.17, 15) is 4.79 Å². The maximum absolute atomic E-state index is 12.5. The first-order valence-electron chi connectivity index (χ1n) is 6.57. The normalized spacial score (nSPS) is 12.9. The van der Waals surface area contributed by atoms with Crippen molar-refractivity contribution in [3.8, 4) is 5.75 Å². The lowest BCUT2D eigenvalue weighted by Gasteiger charge is -2.10. The van der Waals surface area contributed by atoms with E-state index in [1.165, 1.54) is 0 Å². The van der Waals surface area contributed by atoms with Gasteiger partial charge >= 0.3 is 0 Å². The van der Waals surface area contributed by atoms with E-state index in [4.69, 9.17) is 10.5 Å². The van der Waals surface area contributed by atoms with E-state index in [2.05, 4.69) is 31.9 Å². The van der Waals surface area contributed by atoms with Gasteiger partial charge in [-0.05, 0) is 35.9 Å². The molecular weight excluding hydrogens is 398 g/mol. The Morgan fingerprint density at radius 3 is 2.76 bits per heavy atom. The molecule has 0 aliphatic carbocycles.